The van der Waals surface area contributed by atoms with Crippen LogP contribution in [0.15, 0.2) is 42.9 Å². The molecule has 1 aromatic heterocycles. The van der Waals surface area contributed by atoms with Crippen LogP contribution in [0.5, 0.6) is 0 Å². The van der Waals surface area contributed by atoms with Gasteiger partial charge in [-0.2, -0.15) is 0 Å². The summed E-state index contributed by atoms with van der Waals surface area (Å²) in [5, 5.41) is 0. The molecule has 2 rings (SSSR count). The molecular formula is C17H25N3O. The van der Waals surface area contributed by atoms with Crippen LogP contribution >= 0.6 is 0 Å². The number of imidazole rings is 1. The van der Waals surface area contributed by atoms with E-state index in [0.29, 0.717) is 12.5 Å². The molecule has 0 fully saturated rings. The van der Waals surface area contributed by atoms with Crippen LogP contribution in [-0.4, -0.2) is 22.8 Å². The Morgan fingerprint density at radius 2 is 1.95 bits per heavy atom. The number of rotatable bonds is 8. The first-order chi connectivity index (χ1) is 10.2. The van der Waals surface area contributed by atoms with Crippen molar-refractivity contribution in [2.24, 2.45) is 11.7 Å². The summed E-state index contributed by atoms with van der Waals surface area (Å²) >= 11 is 0. The smallest absolute Gasteiger partial charge is 0.0949 e. The summed E-state index contributed by atoms with van der Waals surface area (Å²) in [4.78, 5) is 4.22. The Kier molecular flexibility index (Phi) is 5.96. The van der Waals surface area contributed by atoms with Crippen LogP contribution in [0.4, 0.5) is 0 Å². The number of hydrogen-bond acceptors (Lipinski definition) is 3. The van der Waals surface area contributed by atoms with Gasteiger partial charge in [-0.25, -0.2) is 4.98 Å². The highest BCUT2D eigenvalue weighted by Crippen LogP contribution is 2.18. The van der Waals surface area contributed by atoms with E-state index in [0.717, 1.165) is 30.8 Å². The van der Waals surface area contributed by atoms with Gasteiger partial charge in [-0.05, 0) is 17.9 Å². The molecule has 1 aromatic carbocycles. The predicted octanol–water partition coefficient (Wildman–Crippen LogP) is 2.99. The van der Waals surface area contributed by atoms with E-state index < -0.39 is 0 Å². The third-order valence-electron chi connectivity index (χ3n) is 3.54. The lowest BCUT2D eigenvalue weighted by Crippen LogP contribution is -2.18. The van der Waals surface area contributed by atoms with Gasteiger partial charge >= 0.3 is 0 Å². The van der Waals surface area contributed by atoms with Crippen molar-refractivity contribution < 1.29 is 4.74 Å². The predicted molar refractivity (Wildman–Crippen MR) is 85.0 cm³/mol. The number of nitrogens with two attached hydrogens (primary N) is 1. The molecule has 1 unspecified atom stereocenters. The van der Waals surface area contributed by atoms with E-state index in [1.807, 2.05) is 42.9 Å². The molecule has 0 aliphatic carbocycles. The van der Waals surface area contributed by atoms with E-state index in [-0.39, 0.29) is 6.04 Å². The van der Waals surface area contributed by atoms with Crippen molar-refractivity contribution in [3.8, 4) is 0 Å². The Bertz CT molecular complexity index is 522. The Morgan fingerprint density at radius 1 is 1.19 bits per heavy atom. The molecule has 0 bridgehead atoms. The van der Waals surface area contributed by atoms with Crippen LogP contribution in [-0.2, 0) is 11.3 Å². The second-order valence-corrected chi connectivity index (χ2v) is 5.70. The maximum Gasteiger partial charge on any atom is 0.0949 e. The highest BCUT2D eigenvalue weighted by molar-refractivity contribution is 5.26. The fourth-order valence-corrected chi connectivity index (χ4v) is 2.19. The topological polar surface area (TPSA) is 53.1 Å². The van der Waals surface area contributed by atoms with Crippen LogP contribution in [0.25, 0.3) is 0 Å². The molecule has 2 N–H and O–H groups in total. The summed E-state index contributed by atoms with van der Waals surface area (Å²) in [7, 11) is 0. The largest absolute Gasteiger partial charge is 0.380 e. The van der Waals surface area contributed by atoms with Gasteiger partial charge in [0.2, 0.25) is 0 Å². The Labute approximate surface area is 127 Å². The molecule has 0 saturated carbocycles. The maximum absolute atomic E-state index is 6.33. The molecule has 114 valence electrons. The fourth-order valence-electron chi connectivity index (χ4n) is 2.19. The van der Waals surface area contributed by atoms with Gasteiger partial charge in [-0.3, -0.25) is 0 Å². The summed E-state index contributed by atoms with van der Waals surface area (Å²) in [6.45, 7) is 6.70. The number of nitrogens with zero attached hydrogens (tertiary/aromatic N) is 2. The second-order valence-electron chi connectivity index (χ2n) is 5.70. The van der Waals surface area contributed by atoms with Crippen molar-refractivity contribution in [1.29, 1.82) is 0 Å². The minimum atomic E-state index is -0.149. The van der Waals surface area contributed by atoms with Crippen molar-refractivity contribution in [1.82, 2.24) is 9.55 Å². The zero-order valence-corrected chi connectivity index (χ0v) is 12.9. The molecular weight excluding hydrogens is 262 g/mol. The molecule has 2 aromatic rings. The lowest BCUT2D eigenvalue weighted by Gasteiger charge is -2.15. The van der Waals surface area contributed by atoms with Gasteiger partial charge in [0.25, 0.3) is 0 Å². The molecule has 4 heteroatoms. The highest BCUT2D eigenvalue weighted by atomic mass is 16.5. The summed E-state index contributed by atoms with van der Waals surface area (Å²) in [5.41, 5.74) is 8.45. The second kappa shape index (κ2) is 7.96. The lowest BCUT2D eigenvalue weighted by atomic mass is 10.1. The SMILES string of the molecule is CC(C)CCOCCn1cncc1C(N)c1ccccc1. The van der Waals surface area contributed by atoms with Gasteiger partial charge < -0.3 is 15.0 Å². The fraction of sp³-hybridized carbons (Fsp3) is 0.471. The van der Waals surface area contributed by atoms with E-state index in [1.165, 1.54) is 0 Å². The number of aromatic nitrogens is 2. The van der Waals surface area contributed by atoms with E-state index in [9.17, 15) is 0 Å². The summed E-state index contributed by atoms with van der Waals surface area (Å²) < 4.78 is 7.75. The van der Waals surface area contributed by atoms with E-state index in [1.54, 1.807) is 0 Å². The minimum absolute atomic E-state index is 0.149. The Morgan fingerprint density at radius 3 is 2.67 bits per heavy atom. The first-order valence-corrected chi connectivity index (χ1v) is 7.56. The van der Waals surface area contributed by atoms with Crippen molar-refractivity contribution in [3.63, 3.8) is 0 Å². The molecule has 21 heavy (non-hydrogen) atoms. The van der Waals surface area contributed by atoms with Crippen LogP contribution in [0.1, 0.15) is 37.6 Å². The van der Waals surface area contributed by atoms with E-state index in [4.69, 9.17) is 10.5 Å². The summed E-state index contributed by atoms with van der Waals surface area (Å²) in [6, 6.07) is 9.94. The van der Waals surface area contributed by atoms with Crippen molar-refractivity contribution >= 4 is 0 Å². The summed E-state index contributed by atoms with van der Waals surface area (Å²) in [6.07, 6.45) is 4.76. The standard InChI is InChI=1S/C17H25N3O/c1-14(2)8-10-21-11-9-20-13-19-12-16(20)17(18)15-6-4-3-5-7-15/h3-7,12-14,17H,8-11,18H2,1-2H3. The Hall–Kier alpha value is -1.65. The molecule has 1 atom stereocenters. The van der Waals surface area contributed by atoms with Gasteiger partial charge in [-0.1, -0.05) is 44.2 Å². The van der Waals surface area contributed by atoms with Crippen LogP contribution in [0, 0.1) is 5.92 Å². The first kappa shape index (κ1) is 15.7. The number of ether oxygens (including phenoxy) is 1. The molecule has 0 aliphatic heterocycles. The van der Waals surface area contributed by atoms with Gasteiger partial charge in [0, 0.05) is 13.2 Å². The highest BCUT2D eigenvalue weighted by Gasteiger charge is 2.13. The van der Waals surface area contributed by atoms with Gasteiger partial charge in [0.05, 0.1) is 30.9 Å². The molecule has 4 nitrogen and oxygen atoms in total. The van der Waals surface area contributed by atoms with Gasteiger partial charge in [-0.15, -0.1) is 0 Å². The third kappa shape index (κ3) is 4.69. The lowest BCUT2D eigenvalue weighted by molar-refractivity contribution is 0.115. The van der Waals surface area contributed by atoms with Gasteiger partial charge in [0.1, 0.15) is 0 Å². The molecule has 0 radical (unpaired) electrons. The third-order valence-corrected chi connectivity index (χ3v) is 3.54. The van der Waals surface area contributed by atoms with Crippen molar-refractivity contribution in [2.75, 3.05) is 13.2 Å². The van der Waals surface area contributed by atoms with Gasteiger partial charge in [0.15, 0.2) is 0 Å². The van der Waals surface area contributed by atoms with Crippen LogP contribution in [0.3, 0.4) is 0 Å². The number of benzene rings is 1. The monoisotopic (exact) mass is 287 g/mol. The van der Waals surface area contributed by atoms with Crippen molar-refractivity contribution in [2.45, 2.75) is 32.9 Å². The zero-order valence-electron chi connectivity index (χ0n) is 12.9. The summed E-state index contributed by atoms with van der Waals surface area (Å²) in [5.74, 6) is 0.681. The minimum Gasteiger partial charge on any atom is -0.380 e. The average Bonchev–Trinajstić information content (AvgIpc) is 2.95. The Balaban J connectivity index is 1.90. The van der Waals surface area contributed by atoms with Crippen molar-refractivity contribution in [3.05, 3.63) is 54.1 Å². The van der Waals surface area contributed by atoms with Crippen LogP contribution < -0.4 is 5.73 Å². The molecule has 0 amide bonds. The quantitative estimate of drug-likeness (QED) is 0.759. The molecule has 1 heterocycles. The molecule has 0 aliphatic rings. The maximum atomic E-state index is 6.33. The normalized spacial score (nSPS) is 12.8. The number of hydrogen-bond donors (Lipinski definition) is 1. The zero-order chi connectivity index (χ0) is 15.1. The first-order valence-electron chi connectivity index (χ1n) is 7.56. The van der Waals surface area contributed by atoms with E-state index in [2.05, 4.69) is 23.4 Å². The van der Waals surface area contributed by atoms with Crippen LogP contribution in [0.2, 0.25) is 0 Å². The average molecular weight is 287 g/mol. The molecule has 0 saturated heterocycles. The molecule has 0 spiro atoms. The van der Waals surface area contributed by atoms with E-state index >= 15 is 0 Å².